The number of nitrogen functional groups attached to an aromatic ring is 1. The van der Waals surface area contributed by atoms with Gasteiger partial charge in [-0.15, -0.1) is 5.10 Å². The summed E-state index contributed by atoms with van der Waals surface area (Å²) in [6, 6.07) is 9.22. The summed E-state index contributed by atoms with van der Waals surface area (Å²) in [5.41, 5.74) is 7.90. The van der Waals surface area contributed by atoms with Crippen LogP contribution in [0, 0.1) is 11.2 Å². The highest BCUT2D eigenvalue weighted by Gasteiger charge is 2.20. The number of nitrogens with zero attached hydrogens (tertiary/aromatic N) is 6. The Balaban J connectivity index is 1.62. The number of benzene rings is 1. The molecule has 0 aliphatic rings. The van der Waals surface area contributed by atoms with E-state index in [1.165, 1.54) is 24.2 Å². The van der Waals surface area contributed by atoms with Crippen LogP contribution in [0.1, 0.15) is 29.8 Å². The minimum atomic E-state index is -0.406. The molecule has 1 unspecified atom stereocenters. The van der Waals surface area contributed by atoms with Crippen molar-refractivity contribution in [3.8, 4) is 11.6 Å². The average Bonchev–Trinajstić information content (AvgIpc) is 3.29. The van der Waals surface area contributed by atoms with Crippen molar-refractivity contribution >= 4 is 17.3 Å². The first-order valence-corrected chi connectivity index (χ1v) is 9.61. The molecule has 11 heteroatoms. The van der Waals surface area contributed by atoms with E-state index in [1.54, 1.807) is 42.7 Å². The van der Waals surface area contributed by atoms with E-state index in [4.69, 9.17) is 15.9 Å². The van der Waals surface area contributed by atoms with E-state index < -0.39 is 5.82 Å². The van der Waals surface area contributed by atoms with Crippen LogP contribution in [0.2, 0.25) is 0 Å². The second-order valence-electron chi connectivity index (χ2n) is 6.85. The quantitative estimate of drug-likeness (QED) is 0.378. The lowest BCUT2D eigenvalue weighted by molar-refractivity contribution is 0.398. The smallest absolute Gasteiger partial charge is 0.213 e. The van der Waals surface area contributed by atoms with Crippen molar-refractivity contribution in [2.75, 3.05) is 18.2 Å². The number of methoxy groups -OCH3 is 1. The molecular formula is C21H20FN9O. The third-order valence-corrected chi connectivity index (χ3v) is 4.77. The maximum atomic E-state index is 14.1. The number of hydrogen-bond acceptors (Lipinski definition) is 9. The van der Waals surface area contributed by atoms with Crippen molar-refractivity contribution in [1.82, 2.24) is 29.9 Å². The van der Waals surface area contributed by atoms with Crippen LogP contribution in [-0.4, -0.2) is 42.8 Å². The number of anilines is 2. The van der Waals surface area contributed by atoms with Crippen molar-refractivity contribution in [3.63, 3.8) is 0 Å². The van der Waals surface area contributed by atoms with Gasteiger partial charge in [0.25, 0.3) is 0 Å². The van der Waals surface area contributed by atoms with Crippen LogP contribution in [0.5, 0.6) is 5.88 Å². The van der Waals surface area contributed by atoms with Crippen LogP contribution in [0.15, 0.2) is 55.1 Å². The Morgan fingerprint density at radius 3 is 2.81 bits per heavy atom. The molecule has 0 spiro atoms. The Morgan fingerprint density at radius 1 is 1.22 bits per heavy atom. The third kappa shape index (κ3) is 4.08. The van der Waals surface area contributed by atoms with Crippen LogP contribution < -0.4 is 15.8 Å². The predicted molar refractivity (Wildman–Crippen MR) is 117 cm³/mol. The maximum Gasteiger partial charge on any atom is 0.213 e. The van der Waals surface area contributed by atoms with Crippen molar-refractivity contribution in [3.05, 3.63) is 77.8 Å². The number of para-hydroxylation sites is 1. The van der Waals surface area contributed by atoms with Crippen LogP contribution >= 0.6 is 0 Å². The van der Waals surface area contributed by atoms with Gasteiger partial charge in [-0.3, -0.25) is 5.41 Å². The second-order valence-corrected chi connectivity index (χ2v) is 6.85. The molecule has 0 saturated carbocycles. The monoisotopic (exact) mass is 433 g/mol. The Bertz CT molecular complexity index is 1270. The van der Waals surface area contributed by atoms with E-state index >= 15 is 0 Å². The fourth-order valence-corrected chi connectivity index (χ4v) is 3.09. The number of nitrogens with two attached hydrogens (primary N) is 1. The summed E-state index contributed by atoms with van der Waals surface area (Å²) >= 11 is 0. The van der Waals surface area contributed by atoms with E-state index in [-0.39, 0.29) is 17.6 Å². The first-order chi connectivity index (χ1) is 15.5. The predicted octanol–water partition coefficient (Wildman–Crippen LogP) is 2.77. The Hall–Kier alpha value is -4.41. The van der Waals surface area contributed by atoms with Gasteiger partial charge in [0.05, 0.1) is 30.6 Å². The lowest BCUT2D eigenvalue weighted by Gasteiger charge is -2.17. The summed E-state index contributed by atoms with van der Waals surface area (Å²) in [6.45, 7) is 1.84. The molecule has 3 aromatic heterocycles. The number of rotatable bonds is 7. The normalized spacial score (nSPS) is 11.7. The highest BCUT2D eigenvalue weighted by atomic mass is 19.1. The second kappa shape index (κ2) is 8.76. The summed E-state index contributed by atoms with van der Waals surface area (Å²) in [6.07, 6.45) is 4.48. The highest BCUT2D eigenvalue weighted by Crippen LogP contribution is 2.26. The van der Waals surface area contributed by atoms with Gasteiger partial charge in [0.2, 0.25) is 5.88 Å². The Morgan fingerprint density at radius 2 is 2.03 bits per heavy atom. The van der Waals surface area contributed by atoms with Gasteiger partial charge in [0, 0.05) is 17.8 Å². The van der Waals surface area contributed by atoms with Gasteiger partial charge < -0.3 is 15.8 Å². The van der Waals surface area contributed by atoms with Crippen LogP contribution in [0.4, 0.5) is 16.0 Å². The summed E-state index contributed by atoms with van der Waals surface area (Å²) in [5, 5.41) is 20.0. The largest absolute Gasteiger partial charge is 0.481 e. The molecule has 4 rings (SSSR count). The van der Waals surface area contributed by atoms with Crippen LogP contribution in [0.3, 0.4) is 0 Å². The molecule has 0 bridgehead atoms. The zero-order valence-electron chi connectivity index (χ0n) is 17.3. The van der Waals surface area contributed by atoms with E-state index in [0.29, 0.717) is 34.2 Å². The molecule has 10 nitrogen and oxygen atoms in total. The van der Waals surface area contributed by atoms with E-state index in [2.05, 4.69) is 30.6 Å². The molecule has 0 aliphatic carbocycles. The van der Waals surface area contributed by atoms with Gasteiger partial charge in [-0.25, -0.2) is 24.0 Å². The van der Waals surface area contributed by atoms with Gasteiger partial charge >= 0.3 is 0 Å². The summed E-state index contributed by atoms with van der Waals surface area (Å²) in [5.74, 6) is 0.462. The molecule has 0 amide bonds. The molecule has 0 radical (unpaired) electrons. The summed E-state index contributed by atoms with van der Waals surface area (Å²) < 4.78 is 20.6. The Kier molecular flexibility index (Phi) is 5.71. The SMILES string of the molecule is COc1cc(C(=N)c2c(N)ncnc2NC(C)c2cn(-c3ccccc3F)nn2)ccn1. The number of halogens is 1. The number of ether oxygens (including phenoxy) is 1. The molecule has 4 N–H and O–H groups in total. The van der Waals surface area contributed by atoms with Crippen molar-refractivity contribution < 1.29 is 9.13 Å². The van der Waals surface area contributed by atoms with Crippen LogP contribution in [-0.2, 0) is 0 Å². The third-order valence-electron chi connectivity index (χ3n) is 4.77. The molecule has 32 heavy (non-hydrogen) atoms. The molecule has 162 valence electrons. The molecule has 1 atom stereocenters. The molecule has 3 heterocycles. The highest BCUT2D eigenvalue weighted by molar-refractivity contribution is 6.16. The average molecular weight is 433 g/mol. The van der Waals surface area contributed by atoms with E-state index in [1.807, 2.05) is 6.92 Å². The van der Waals surface area contributed by atoms with Gasteiger partial charge in [-0.05, 0) is 25.1 Å². The fraction of sp³-hybridized carbons (Fsp3) is 0.143. The van der Waals surface area contributed by atoms with Gasteiger partial charge in [-0.2, -0.15) is 0 Å². The van der Waals surface area contributed by atoms with Crippen molar-refractivity contribution in [1.29, 1.82) is 5.41 Å². The number of hydrogen-bond donors (Lipinski definition) is 3. The molecule has 0 saturated heterocycles. The fourth-order valence-electron chi connectivity index (χ4n) is 3.09. The summed E-state index contributed by atoms with van der Waals surface area (Å²) in [4.78, 5) is 12.4. The van der Waals surface area contributed by atoms with Gasteiger partial charge in [0.15, 0.2) is 0 Å². The minimum absolute atomic E-state index is 0.105. The topological polar surface area (TPSA) is 141 Å². The standard InChI is InChI=1S/C21H20FN9O/c1-12(15-10-31(30-29-15)16-6-4-3-5-14(16)22)28-21-18(20(24)26-11-27-21)19(23)13-7-8-25-17(9-13)32-2/h3-12,23H,1-2H3,(H3,24,26,27,28). The van der Waals surface area contributed by atoms with E-state index in [9.17, 15) is 4.39 Å². The molecular weight excluding hydrogens is 413 g/mol. The zero-order chi connectivity index (χ0) is 22.7. The lowest BCUT2D eigenvalue weighted by atomic mass is 10.0. The van der Waals surface area contributed by atoms with Crippen molar-refractivity contribution in [2.45, 2.75) is 13.0 Å². The first-order valence-electron chi connectivity index (χ1n) is 9.61. The molecule has 0 fully saturated rings. The lowest BCUT2D eigenvalue weighted by Crippen LogP contribution is -2.16. The van der Waals surface area contributed by atoms with Crippen molar-refractivity contribution in [2.24, 2.45) is 0 Å². The molecule has 1 aromatic carbocycles. The Labute approximate surface area is 182 Å². The maximum absolute atomic E-state index is 14.1. The van der Waals surface area contributed by atoms with Gasteiger partial charge in [0.1, 0.15) is 35.2 Å². The van der Waals surface area contributed by atoms with Gasteiger partial charge in [-0.1, -0.05) is 17.3 Å². The van der Waals surface area contributed by atoms with E-state index in [0.717, 1.165) is 0 Å². The summed E-state index contributed by atoms with van der Waals surface area (Å²) in [7, 11) is 1.50. The molecule has 0 aliphatic heterocycles. The first kappa shape index (κ1) is 20.8. The number of pyridine rings is 1. The molecule has 4 aromatic rings. The number of aromatic nitrogens is 6. The van der Waals surface area contributed by atoms with Crippen LogP contribution in [0.25, 0.3) is 5.69 Å². The zero-order valence-corrected chi connectivity index (χ0v) is 17.3. The number of nitrogens with one attached hydrogen (secondary N) is 2. The minimum Gasteiger partial charge on any atom is -0.481 e.